The van der Waals surface area contributed by atoms with Crippen molar-refractivity contribution < 1.29 is 9.52 Å². The molecule has 2 rings (SSSR count). The Morgan fingerprint density at radius 2 is 2.42 bits per heavy atom. The van der Waals surface area contributed by atoms with E-state index < -0.39 is 0 Å². The molecule has 0 bridgehead atoms. The van der Waals surface area contributed by atoms with Gasteiger partial charge >= 0.3 is 0 Å². The molecule has 0 amide bonds. The number of hydrogen-bond acceptors (Lipinski definition) is 4. The number of pyridine rings is 1. The van der Waals surface area contributed by atoms with Crippen LogP contribution in [0.4, 0.5) is 5.69 Å². The van der Waals surface area contributed by atoms with Crippen LogP contribution in [0.25, 0.3) is 11.0 Å². The van der Waals surface area contributed by atoms with Crippen molar-refractivity contribution in [1.82, 2.24) is 4.98 Å². The van der Waals surface area contributed by atoms with Crippen LogP contribution in [-0.4, -0.2) is 10.1 Å². The Kier molecular flexibility index (Phi) is 1.48. The van der Waals surface area contributed by atoms with E-state index in [0.717, 1.165) is 5.39 Å². The van der Waals surface area contributed by atoms with Crippen molar-refractivity contribution in [2.24, 2.45) is 0 Å². The van der Waals surface area contributed by atoms with Crippen molar-refractivity contribution in [3.63, 3.8) is 0 Å². The molecule has 4 nitrogen and oxygen atoms in total. The number of fused-ring (bicyclic) bond motifs is 1. The van der Waals surface area contributed by atoms with Crippen LogP contribution in [0, 0.1) is 0 Å². The maximum Gasteiger partial charge on any atom is 0.153 e. The van der Waals surface area contributed by atoms with Crippen molar-refractivity contribution in [3.8, 4) is 0 Å². The molecule has 0 atom stereocenters. The first kappa shape index (κ1) is 7.12. The lowest BCUT2D eigenvalue weighted by Crippen LogP contribution is -1.88. The average Bonchev–Trinajstić information content (AvgIpc) is 2.44. The smallest absolute Gasteiger partial charge is 0.153 e. The summed E-state index contributed by atoms with van der Waals surface area (Å²) in [5.74, 6) is 0.401. The number of aliphatic hydroxyl groups excluding tert-OH is 1. The molecule has 2 aromatic rings. The molecule has 3 N–H and O–H groups in total. The van der Waals surface area contributed by atoms with Gasteiger partial charge in [-0.3, -0.25) is 4.98 Å². The average molecular weight is 164 g/mol. The molecule has 2 aromatic heterocycles. The summed E-state index contributed by atoms with van der Waals surface area (Å²) >= 11 is 0. The fourth-order valence-corrected chi connectivity index (χ4v) is 1.13. The van der Waals surface area contributed by atoms with Crippen molar-refractivity contribution in [3.05, 3.63) is 24.2 Å². The minimum atomic E-state index is -0.180. The zero-order chi connectivity index (χ0) is 8.55. The summed E-state index contributed by atoms with van der Waals surface area (Å²) in [6.45, 7) is -0.180. The molecule has 12 heavy (non-hydrogen) atoms. The maximum atomic E-state index is 8.83. The first-order valence-corrected chi connectivity index (χ1v) is 3.54. The van der Waals surface area contributed by atoms with Crippen molar-refractivity contribution >= 4 is 16.7 Å². The molecule has 0 saturated carbocycles. The Bertz CT molecular complexity index is 408. The van der Waals surface area contributed by atoms with Gasteiger partial charge in [-0.2, -0.15) is 0 Å². The Balaban J connectivity index is 2.78. The van der Waals surface area contributed by atoms with Gasteiger partial charge in [0.05, 0.1) is 11.1 Å². The second kappa shape index (κ2) is 2.49. The number of aliphatic hydroxyl groups is 1. The monoisotopic (exact) mass is 164 g/mol. The lowest BCUT2D eigenvalue weighted by molar-refractivity contribution is 0.252. The highest BCUT2D eigenvalue weighted by molar-refractivity contribution is 5.90. The van der Waals surface area contributed by atoms with E-state index >= 15 is 0 Å². The highest BCUT2D eigenvalue weighted by Crippen LogP contribution is 2.26. The first-order valence-electron chi connectivity index (χ1n) is 3.54. The van der Waals surface area contributed by atoms with Gasteiger partial charge < -0.3 is 15.3 Å². The third kappa shape index (κ3) is 0.853. The molecule has 0 aliphatic rings. The molecule has 0 aliphatic carbocycles. The van der Waals surface area contributed by atoms with Crippen molar-refractivity contribution in [2.45, 2.75) is 6.61 Å². The Hall–Kier alpha value is -1.55. The fraction of sp³-hybridized carbons (Fsp3) is 0.125. The SMILES string of the molecule is Nc1c(CO)oc2ccncc12. The van der Waals surface area contributed by atoms with Crippen molar-refractivity contribution in [2.75, 3.05) is 5.73 Å². The number of nitrogens with two attached hydrogens (primary N) is 1. The molecule has 2 heterocycles. The summed E-state index contributed by atoms with van der Waals surface area (Å²) < 4.78 is 5.23. The summed E-state index contributed by atoms with van der Waals surface area (Å²) in [5, 5.41) is 9.58. The molecule has 0 radical (unpaired) electrons. The van der Waals surface area contributed by atoms with E-state index in [4.69, 9.17) is 15.3 Å². The van der Waals surface area contributed by atoms with E-state index in [1.807, 2.05) is 0 Å². The largest absolute Gasteiger partial charge is 0.456 e. The highest BCUT2D eigenvalue weighted by atomic mass is 16.4. The summed E-state index contributed by atoms with van der Waals surface area (Å²) in [7, 11) is 0. The predicted octanol–water partition coefficient (Wildman–Crippen LogP) is 0.902. The number of rotatable bonds is 1. The molecule has 0 aromatic carbocycles. The van der Waals surface area contributed by atoms with Gasteiger partial charge in [0.2, 0.25) is 0 Å². The number of hydrogen-bond donors (Lipinski definition) is 2. The first-order chi connectivity index (χ1) is 5.83. The third-order valence-electron chi connectivity index (χ3n) is 1.75. The van der Waals surface area contributed by atoms with Gasteiger partial charge in [0.25, 0.3) is 0 Å². The second-order valence-corrected chi connectivity index (χ2v) is 2.47. The predicted molar refractivity (Wildman–Crippen MR) is 44.3 cm³/mol. The van der Waals surface area contributed by atoms with Crippen LogP contribution in [0.3, 0.4) is 0 Å². The highest BCUT2D eigenvalue weighted by Gasteiger charge is 2.08. The Morgan fingerprint density at radius 1 is 1.58 bits per heavy atom. The van der Waals surface area contributed by atoms with E-state index in [-0.39, 0.29) is 6.61 Å². The summed E-state index contributed by atoms with van der Waals surface area (Å²) in [5.41, 5.74) is 6.79. The number of aromatic nitrogens is 1. The molecular formula is C8H8N2O2. The van der Waals surface area contributed by atoms with Crippen LogP contribution in [0.2, 0.25) is 0 Å². The second-order valence-electron chi connectivity index (χ2n) is 2.47. The minimum Gasteiger partial charge on any atom is -0.456 e. The standard InChI is InChI=1S/C8H8N2O2/c9-8-5-3-10-2-1-6(5)12-7(8)4-11/h1-3,11H,4,9H2. The molecule has 4 heteroatoms. The number of nitrogen functional groups attached to an aromatic ring is 1. The van der Waals surface area contributed by atoms with Crippen LogP contribution in [-0.2, 0) is 6.61 Å². The van der Waals surface area contributed by atoms with E-state index in [0.29, 0.717) is 17.0 Å². The topological polar surface area (TPSA) is 72.3 Å². The maximum absolute atomic E-state index is 8.83. The van der Waals surface area contributed by atoms with Gasteiger partial charge in [-0.15, -0.1) is 0 Å². The number of furan rings is 1. The van der Waals surface area contributed by atoms with Crippen LogP contribution >= 0.6 is 0 Å². The molecule has 0 aliphatic heterocycles. The fourth-order valence-electron chi connectivity index (χ4n) is 1.13. The van der Waals surface area contributed by atoms with Gasteiger partial charge in [0.1, 0.15) is 12.2 Å². The zero-order valence-corrected chi connectivity index (χ0v) is 6.32. The molecule has 0 unspecified atom stereocenters. The Labute approximate surface area is 68.6 Å². The van der Waals surface area contributed by atoms with Gasteiger partial charge in [-0.25, -0.2) is 0 Å². The quantitative estimate of drug-likeness (QED) is 0.656. The van der Waals surface area contributed by atoms with Gasteiger partial charge in [-0.05, 0) is 6.07 Å². The summed E-state index contributed by atoms with van der Waals surface area (Å²) in [6, 6.07) is 1.71. The Morgan fingerprint density at radius 3 is 3.08 bits per heavy atom. The van der Waals surface area contributed by atoms with E-state index in [2.05, 4.69) is 4.98 Å². The third-order valence-corrected chi connectivity index (χ3v) is 1.75. The van der Waals surface area contributed by atoms with Crippen molar-refractivity contribution in [1.29, 1.82) is 0 Å². The normalized spacial score (nSPS) is 10.8. The van der Waals surface area contributed by atoms with Gasteiger partial charge in [-0.1, -0.05) is 0 Å². The molecule has 0 fully saturated rings. The summed E-state index contributed by atoms with van der Waals surface area (Å²) in [6.07, 6.45) is 3.24. The molecule has 62 valence electrons. The van der Waals surface area contributed by atoms with Crippen LogP contribution in [0.15, 0.2) is 22.9 Å². The zero-order valence-electron chi connectivity index (χ0n) is 6.32. The van der Waals surface area contributed by atoms with Gasteiger partial charge in [0.15, 0.2) is 5.76 Å². The van der Waals surface area contributed by atoms with E-state index in [9.17, 15) is 0 Å². The molecule has 0 spiro atoms. The summed E-state index contributed by atoms with van der Waals surface area (Å²) in [4.78, 5) is 3.90. The lowest BCUT2D eigenvalue weighted by atomic mass is 10.3. The number of anilines is 1. The number of nitrogens with zero attached hydrogens (tertiary/aromatic N) is 1. The van der Waals surface area contributed by atoms with Crippen LogP contribution in [0.5, 0.6) is 0 Å². The molecular weight excluding hydrogens is 156 g/mol. The van der Waals surface area contributed by atoms with E-state index in [1.165, 1.54) is 0 Å². The van der Waals surface area contributed by atoms with Gasteiger partial charge in [0, 0.05) is 12.4 Å². The minimum absolute atomic E-state index is 0.180. The molecule has 0 saturated heterocycles. The van der Waals surface area contributed by atoms with E-state index in [1.54, 1.807) is 18.5 Å². The van der Waals surface area contributed by atoms with Crippen LogP contribution in [0.1, 0.15) is 5.76 Å². The lowest BCUT2D eigenvalue weighted by Gasteiger charge is -1.88. The van der Waals surface area contributed by atoms with Crippen LogP contribution < -0.4 is 5.73 Å².